The van der Waals surface area contributed by atoms with E-state index in [-0.39, 0.29) is 18.3 Å². The maximum absolute atomic E-state index is 11.6. The molecule has 0 saturated heterocycles. The third-order valence-electron chi connectivity index (χ3n) is 3.65. The molecule has 0 atom stereocenters. The molecule has 140 valence electrons. The molecule has 0 fully saturated rings. The van der Waals surface area contributed by atoms with Crippen molar-refractivity contribution in [3.63, 3.8) is 0 Å². The lowest BCUT2D eigenvalue weighted by Crippen LogP contribution is -2.17. The molecule has 3 rings (SSSR count). The van der Waals surface area contributed by atoms with Crippen molar-refractivity contribution >= 4 is 51.4 Å². The number of nitrogens with two attached hydrogens (primary N) is 3. The van der Waals surface area contributed by atoms with Crippen molar-refractivity contribution in [2.24, 2.45) is 5.73 Å². The number of aromatic nitrogens is 2. The average Bonchev–Trinajstić information content (AvgIpc) is 3.02. The summed E-state index contributed by atoms with van der Waals surface area (Å²) >= 11 is 1.55. The Morgan fingerprint density at radius 3 is 2.42 bits per heavy atom. The number of fused-ring (bicyclic) bond motifs is 1. The number of rotatable bonds is 4. The molecule has 0 radical (unpaired) electrons. The third-order valence-corrected chi connectivity index (χ3v) is 4.81. The molecule has 0 unspecified atom stereocenters. The van der Waals surface area contributed by atoms with Crippen LogP contribution in [0.2, 0.25) is 0 Å². The molecule has 2 heterocycles. The minimum Gasteiger partial charge on any atom is -0.399 e. The number of hydrogen-bond donors (Lipinski definition) is 4. The topological polar surface area (TPSA) is 133 Å². The lowest BCUT2D eigenvalue weighted by molar-refractivity contribution is -0.120. The van der Waals surface area contributed by atoms with Gasteiger partial charge in [-0.1, -0.05) is 12.1 Å². The number of benzene rings is 1. The zero-order chi connectivity index (χ0) is 18.4. The first kappa shape index (κ1) is 21.6. The van der Waals surface area contributed by atoms with Gasteiger partial charge in [0.2, 0.25) is 5.91 Å². The summed E-state index contributed by atoms with van der Waals surface area (Å²) in [5.74, 6) is 0.453. The molecular weight excluding hydrogens is 372 g/mol. The van der Waals surface area contributed by atoms with E-state index in [0.29, 0.717) is 24.3 Å². The van der Waals surface area contributed by atoms with Crippen LogP contribution in [0.1, 0.15) is 11.3 Å². The summed E-state index contributed by atoms with van der Waals surface area (Å²) in [7, 11) is 3.14. The molecule has 0 aliphatic heterocycles. The zero-order valence-electron chi connectivity index (χ0n) is 14.7. The Balaban J connectivity index is 0.00000109. The molecule has 1 amide bonds. The first-order valence-electron chi connectivity index (χ1n) is 7.76. The van der Waals surface area contributed by atoms with Gasteiger partial charge < -0.3 is 22.5 Å². The Kier molecular flexibility index (Phi) is 8.24. The summed E-state index contributed by atoms with van der Waals surface area (Å²) < 4.78 is 0. The second-order valence-electron chi connectivity index (χ2n) is 5.13. The van der Waals surface area contributed by atoms with Crippen LogP contribution in [0, 0.1) is 0 Å². The fourth-order valence-electron chi connectivity index (χ4n) is 2.48. The number of hydrogen-bond acceptors (Lipinski definition) is 7. The Morgan fingerprint density at radius 2 is 1.81 bits per heavy atom. The van der Waals surface area contributed by atoms with Crippen LogP contribution in [-0.2, 0) is 11.2 Å². The second kappa shape index (κ2) is 9.91. The predicted molar refractivity (Wildman–Crippen MR) is 111 cm³/mol. The quantitative estimate of drug-likeness (QED) is 0.501. The van der Waals surface area contributed by atoms with Crippen molar-refractivity contribution < 1.29 is 4.79 Å². The van der Waals surface area contributed by atoms with E-state index < -0.39 is 0 Å². The van der Waals surface area contributed by atoms with Crippen LogP contribution in [0.4, 0.5) is 11.5 Å². The number of nitrogens with zero attached hydrogens (tertiary/aromatic N) is 2. The standard InChI is InChI=1S/C16H17N5OS.CH5N.ClH/c1-19-12(22)7-6-11-13(9-2-4-10(17)5-3-9)14-15(18)20-8-21-16(14)23-11;1-2;/h2-5,8H,6-7,17H2,1H3,(H,19,22)(H2,18,20,21);2H2,1H3;1H. The number of thiophene rings is 1. The molecule has 9 heteroatoms. The Bertz CT molecular complexity index is 866. The van der Waals surface area contributed by atoms with Gasteiger partial charge in [0.05, 0.1) is 5.39 Å². The fraction of sp³-hybridized carbons (Fsp3) is 0.235. The van der Waals surface area contributed by atoms with Gasteiger partial charge in [-0.2, -0.15) is 0 Å². The van der Waals surface area contributed by atoms with Crippen LogP contribution in [0.3, 0.4) is 0 Å². The fourth-order valence-corrected chi connectivity index (χ4v) is 3.65. The lowest BCUT2D eigenvalue weighted by atomic mass is 10.0. The summed E-state index contributed by atoms with van der Waals surface area (Å²) in [4.78, 5) is 21.9. The predicted octanol–water partition coefficient (Wildman–Crippen LogP) is 2.20. The maximum atomic E-state index is 11.6. The maximum Gasteiger partial charge on any atom is 0.220 e. The number of anilines is 2. The Morgan fingerprint density at radius 1 is 1.15 bits per heavy atom. The molecule has 0 aliphatic rings. The Labute approximate surface area is 162 Å². The van der Waals surface area contributed by atoms with Gasteiger partial charge in [-0.15, -0.1) is 23.7 Å². The molecule has 7 nitrogen and oxygen atoms in total. The zero-order valence-corrected chi connectivity index (χ0v) is 16.3. The molecule has 26 heavy (non-hydrogen) atoms. The smallest absolute Gasteiger partial charge is 0.220 e. The van der Waals surface area contributed by atoms with Crippen molar-refractivity contribution in [3.8, 4) is 11.1 Å². The highest BCUT2D eigenvalue weighted by molar-refractivity contribution is 7.19. The van der Waals surface area contributed by atoms with E-state index in [9.17, 15) is 4.79 Å². The molecule has 0 bridgehead atoms. The minimum atomic E-state index is 0. The van der Waals surface area contributed by atoms with E-state index in [0.717, 1.165) is 26.2 Å². The SMILES string of the molecule is CN.CNC(=O)CCc1sc2ncnc(N)c2c1-c1ccc(N)cc1.Cl. The largest absolute Gasteiger partial charge is 0.399 e. The van der Waals surface area contributed by atoms with E-state index in [1.807, 2.05) is 24.3 Å². The number of aryl methyl sites for hydroxylation is 1. The van der Waals surface area contributed by atoms with Crippen LogP contribution in [0.25, 0.3) is 21.3 Å². The number of nitrogens with one attached hydrogen (secondary N) is 1. The second-order valence-corrected chi connectivity index (χ2v) is 6.22. The van der Waals surface area contributed by atoms with Gasteiger partial charge in [-0.25, -0.2) is 9.97 Å². The lowest BCUT2D eigenvalue weighted by Gasteiger charge is -2.06. The summed E-state index contributed by atoms with van der Waals surface area (Å²) in [6.07, 6.45) is 2.50. The van der Waals surface area contributed by atoms with Crippen molar-refractivity contribution in [1.29, 1.82) is 0 Å². The summed E-state index contributed by atoms with van der Waals surface area (Å²) in [5.41, 5.74) is 19.0. The van der Waals surface area contributed by atoms with E-state index in [1.54, 1.807) is 18.4 Å². The average molecular weight is 395 g/mol. The highest BCUT2D eigenvalue weighted by Gasteiger charge is 2.18. The normalized spacial score (nSPS) is 9.81. The van der Waals surface area contributed by atoms with Crippen molar-refractivity contribution in [2.75, 3.05) is 25.6 Å². The molecule has 7 N–H and O–H groups in total. The van der Waals surface area contributed by atoms with E-state index in [4.69, 9.17) is 11.5 Å². The van der Waals surface area contributed by atoms with Crippen LogP contribution >= 0.6 is 23.7 Å². The monoisotopic (exact) mass is 394 g/mol. The van der Waals surface area contributed by atoms with Gasteiger partial charge >= 0.3 is 0 Å². The van der Waals surface area contributed by atoms with Crippen LogP contribution in [-0.4, -0.2) is 30.0 Å². The molecule has 0 aliphatic carbocycles. The summed E-state index contributed by atoms with van der Waals surface area (Å²) in [6, 6.07) is 7.60. The van der Waals surface area contributed by atoms with E-state index in [1.165, 1.54) is 13.4 Å². The minimum absolute atomic E-state index is 0. The molecule has 0 saturated carbocycles. The van der Waals surface area contributed by atoms with Crippen LogP contribution in [0.5, 0.6) is 0 Å². The summed E-state index contributed by atoms with van der Waals surface area (Å²) in [5, 5.41) is 3.49. The third kappa shape index (κ3) is 4.60. The van der Waals surface area contributed by atoms with E-state index in [2.05, 4.69) is 21.0 Å². The molecular formula is C17H23ClN6OS. The molecule has 1 aromatic carbocycles. The molecule has 0 spiro atoms. The van der Waals surface area contributed by atoms with Crippen LogP contribution < -0.4 is 22.5 Å². The van der Waals surface area contributed by atoms with E-state index >= 15 is 0 Å². The number of carbonyl (C=O) groups excluding carboxylic acids is 1. The number of carbonyl (C=O) groups is 1. The number of nitrogen functional groups attached to an aromatic ring is 2. The summed E-state index contributed by atoms with van der Waals surface area (Å²) in [6.45, 7) is 0. The number of halogens is 1. The van der Waals surface area contributed by atoms with Gasteiger partial charge in [0, 0.05) is 29.6 Å². The van der Waals surface area contributed by atoms with Gasteiger partial charge in [0.1, 0.15) is 17.0 Å². The van der Waals surface area contributed by atoms with Crippen molar-refractivity contribution in [2.45, 2.75) is 12.8 Å². The first-order valence-corrected chi connectivity index (χ1v) is 8.58. The highest BCUT2D eigenvalue weighted by atomic mass is 35.5. The highest BCUT2D eigenvalue weighted by Crippen LogP contribution is 2.40. The Hall–Kier alpha value is -2.42. The van der Waals surface area contributed by atoms with Crippen molar-refractivity contribution in [3.05, 3.63) is 35.5 Å². The molecule has 2 aromatic heterocycles. The van der Waals surface area contributed by atoms with Gasteiger partial charge in [0.25, 0.3) is 0 Å². The van der Waals surface area contributed by atoms with Gasteiger partial charge in [-0.3, -0.25) is 4.79 Å². The van der Waals surface area contributed by atoms with Crippen molar-refractivity contribution in [1.82, 2.24) is 15.3 Å². The first-order chi connectivity index (χ1) is 12.1. The number of amides is 1. The molecule has 3 aromatic rings. The van der Waals surface area contributed by atoms with Gasteiger partial charge in [0.15, 0.2) is 0 Å². The van der Waals surface area contributed by atoms with Crippen LogP contribution in [0.15, 0.2) is 30.6 Å². The van der Waals surface area contributed by atoms with Gasteiger partial charge in [-0.05, 0) is 31.2 Å².